The Morgan fingerprint density at radius 2 is 2.19 bits per heavy atom. The SMILES string of the molecule is CC(O)c1ccccc1N1CCOCC1C(=O)NC1CC1. The number of carbonyl (C=O) groups excluding carboxylic acids is 1. The van der Waals surface area contributed by atoms with Crippen molar-refractivity contribution in [3.63, 3.8) is 0 Å². The van der Waals surface area contributed by atoms with Crippen molar-refractivity contribution in [2.45, 2.75) is 38.0 Å². The molecule has 1 aliphatic carbocycles. The van der Waals surface area contributed by atoms with Gasteiger partial charge in [0, 0.05) is 23.8 Å². The zero-order chi connectivity index (χ0) is 14.8. The fourth-order valence-electron chi connectivity index (χ4n) is 2.74. The van der Waals surface area contributed by atoms with Crippen molar-refractivity contribution in [2.24, 2.45) is 0 Å². The fourth-order valence-corrected chi connectivity index (χ4v) is 2.74. The molecule has 0 radical (unpaired) electrons. The largest absolute Gasteiger partial charge is 0.389 e. The van der Waals surface area contributed by atoms with Crippen LogP contribution < -0.4 is 10.2 Å². The smallest absolute Gasteiger partial charge is 0.245 e. The van der Waals surface area contributed by atoms with Gasteiger partial charge in [-0.05, 0) is 25.8 Å². The van der Waals surface area contributed by atoms with E-state index in [1.54, 1.807) is 6.92 Å². The lowest BCUT2D eigenvalue weighted by Gasteiger charge is -2.37. The van der Waals surface area contributed by atoms with E-state index in [1.165, 1.54) is 0 Å². The number of aliphatic hydroxyl groups is 1. The van der Waals surface area contributed by atoms with E-state index in [9.17, 15) is 9.90 Å². The molecule has 5 heteroatoms. The van der Waals surface area contributed by atoms with E-state index >= 15 is 0 Å². The third kappa shape index (κ3) is 3.19. The highest BCUT2D eigenvalue weighted by atomic mass is 16.5. The predicted octanol–water partition coefficient (Wildman–Crippen LogP) is 1.22. The Hall–Kier alpha value is -1.59. The summed E-state index contributed by atoms with van der Waals surface area (Å²) in [6.07, 6.45) is 1.59. The van der Waals surface area contributed by atoms with Gasteiger partial charge in [0.15, 0.2) is 0 Å². The minimum atomic E-state index is -0.559. The molecule has 0 bridgehead atoms. The second-order valence-corrected chi connectivity index (χ2v) is 5.80. The second-order valence-electron chi connectivity index (χ2n) is 5.80. The Bertz CT molecular complexity index is 514. The highest BCUT2D eigenvalue weighted by Gasteiger charge is 2.34. The number of anilines is 1. The number of ether oxygens (including phenoxy) is 1. The third-order valence-electron chi connectivity index (χ3n) is 4.05. The van der Waals surface area contributed by atoms with Gasteiger partial charge in [0.25, 0.3) is 0 Å². The Labute approximate surface area is 124 Å². The molecule has 3 rings (SSSR count). The molecule has 2 fully saturated rings. The number of aliphatic hydroxyl groups excluding tert-OH is 1. The van der Waals surface area contributed by atoms with Gasteiger partial charge in [0.1, 0.15) is 6.04 Å². The van der Waals surface area contributed by atoms with Crippen LogP contribution in [0.2, 0.25) is 0 Å². The van der Waals surface area contributed by atoms with Crippen molar-refractivity contribution in [1.29, 1.82) is 0 Å². The molecule has 1 saturated heterocycles. The molecule has 1 aromatic rings. The number of carbonyl (C=O) groups is 1. The molecular formula is C16H22N2O3. The quantitative estimate of drug-likeness (QED) is 0.875. The summed E-state index contributed by atoms with van der Waals surface area (Å²) in [5.74, 6) is 0.0256. The maximum Gasteiger partial charge on any atom is 0.245 e. The summed E-state index contributed by atoms with van der Waals surface area (Å²) in [5, 5.41) is 13.0. The molecule has 21 heavy (non-hydrogen) atoms. The average molecular weight is 290 g/mol. The van der Waals surface area contributed by atoms with E-state index in [0.717, 1.165) is 24.1 Å². The average Bonchev–Trinajstić information content (AvgIpc) is 3.31. The number of hydrogen-bond acceptors (Lipinski definition) is 4. The van der Waals surface area contributed by atoms with Crippen LogP contribution in [0.5, 0.6) is 0 Å². The van der Waals surface area contributed by atoms with Crippen molar-refractivity contribution >= 4 is 11.6 Å². The number of nitrogens with one attached hydrogen (secondary N) is 1. The van der Waals surface area contributed by atoms with Crippen LogP contribution in [0.1, 0.15) is 31.4 Å². The van der Waals surface area contributed by atoms with Gasteiger partial charge in [-0.15, -0.1) is 0 Å². The topological polar surface area (TPSA) is 61.8 Å². The van der Waals surface area contributed by atoms with Gasteiger partial charge >= 0.3 is 0 Å². The minimum absolute atomic E-state index is 0.0256. The van der Waals surface area contributed by atoms with Crippen LogP contribution in [0.4, 0.5) is 5.69 Å². The fraction of sp³-hybridized carbons (Fsp3) is 0.562. The first-order valence-corrected chi connectivity index (χ1v) is 7.58. The maximum atomic E-state index is 12.4. The number of amides is 1. The Morgan fingerprint density at radius 1 is 1.43 bits per heavy atom. The van der Waals surface area contributed by atoms with Crippen molar-refractivity contribution < 1.29 is 14.6 Å². The predicted molar refractivity (Wildman–Crippen MR) is 80.2 cm³/mol. The second kappa shape index (κ2) is 6.03. The van der Waals surface area contributed by atoms with Crippen LogP contribution in [0.15, 0.2) is 24.3 Å². The van der Waals surface area contributed by atoms with Crippen LogP contribution in [0.25, 0.3) is 0 Å². The summed E-state index contributed by atoms with van der Waals surface area (Å²) in [4.78, 5) is 14.5. The van der Waals surface area contributed by atoms with Crippen LogP contribution in [-0.2, 0) is 9.53 Å². The third-order valence-corrected chi connectivity index (χ3v) is 4.05. The van der Waals surface area contributed by atoms with Crippen LogP contribution in [-0.4, -0.2) is 42.9 Å². The zero-order valence-corrected chi connectivity index (χ0v) is 12.3. The first-order chi connectivity index (χ1) is 10.2. The number of nitrogens with zero attached hydrogens (tertiary/aromatic N) is 1. The lowest BCUT2D eigenvalue weighted by molar-refractivity contribution is -0.124. The standard InChI is InChI=1S/C16H22N2O3/c1-11(19)13-4-2-3-5-14(13)18-8-9-21-10-15(18)16(20)17-12-6-7-12/h2-5,11-12,15,19H,6-10H2,1H3,(H,17,20). The Kier molecular flexibility index (Phi) is 4.12. The molecule has 114 valence electrons. The normalized spacial score (nSPS) is 23.7. The molecule has 5 nitrogen and oxygen atoms in total. The molecule has 0 spiro atoms. The Balaban J connectivity index is 1.84. The summed E-state index contributed by atoms with van der Waals surface area (Å²) in [6, 6.07) is 7.74. The first kappa shape index (κ1) is 14.4. The molecule has 2 aliphatic rings. The van der Waals surface area contributed by atoms with Gasteiger partial charge < -0.3 is 20.1 Å². The molecule has 2 atom stereocenters. The van der Waals surface area contributed by atoms with Gasteiger partial charge in [-0.3, -0.25) is 4.79 Å². The molecule has 1 amide bonds. The molecule has 0 aromatic heterocycles. The highest BCUT2D eigenvalue weighted by molar-refractivity contribution is 5.86. The van der Waals surface area contributed by atoms with E-state index in [1.807, 2.05) is 24.3 Å². The molecule has 2 unspecified atom stereocenters. The van der Waals surface area contributed by atoms with E-state index in [-0.39, 0.29) is 11.9 Å². The van der Waals surface area contributed by atoms with Gasteiger partial charge in [-0.1, -0.05) is 18.2 Å². The number of benzene rings is 1. The monoisotopic (exact) mass is 290 g/mol. The number of para-hydroxylation sites is 1. The number of hydrogen-bond donors (Lipinski definition) is 2. The molecule has 1 aliphatic heterocycles. The molecule has 2 N–H and O–H groups in total. The van der Waals surface area contributed by atoms with Gasteiger partial charge in [-0.2, -0.15) is 0 Å². The maximum absolute atomic E-state index is 12.4. The molecule has 1 aromatic carbocycles. The van der Waals surface area contributed by atoms with Crippen molar-refractivity contribution in [3.8, 4) is 0 Å². The van der Waals surface area contributed by atoms with E-state index in [0.29, 0.717) is 25.8 Å². The summed E-state index contributed by atoms with van der Waals surface area (Å²) in [7, 11) is 0. The van der Waals surface area contributed by atoms with E-state index in [2.05, 4.69) is 10.2 Å². The number of morpholine rings is 1. The van der Waals surface area contributed by atoms with Crippen molar-refractivity contribution in [3.05, 3.63) is 29.8 Å². The van der Waals surface area contributed by atoms with E-state index in [4.69, 9.17) is 4.74 Å². The summed E-state index contributed by atoms with van der Waals surface area (Å²) < 4.78 is 5.49. The minimum Gasteiger partial charge on any atom is -0.389 e. The lowest BCUT2D eigenvalue weighted by Crippen LogP contribution is -2.54. The summed E-state index contributed by atoms with van der Waals surface area (Å²) in [6.45, 7) is 3.40. The summed E-state index contributed by atoms with van der Waals surface area (Å²) >= 11 is 0. The highest BCUT2D eigenvalue weighted by Crippen LogP contribution is 2.29. The molecule has 1 saturated carbocycles. The molecular weight excluding hydrogens is 268 g/mol. The van der Waals surface area contributed by atoms with Crippen LogP contribution in [0, 0.1) is 0 Å². The van der Waals surface area contributed by atoms with Gasteiger partial charge in [-0.25, -0.2) is 0 Å². The van der Waals surface area contributed by atoms with Crippen molar-refractivity contribution in [2.75, 3.05) is 24.7 Å². The van der Waals surface area contributed by atoms with E-state index < -0.39 is 6.10 Å². The lowest BCUT2D eigenvalue weighted by atomic mass is 10.0. The number of rotatable bonds is 4. The van der Waals surface area contributed by atoms with Crippen LogP contribution in [0.3, 0.4) is 0 Å². The zero-order valence-electron chi connectivity index (χ0n) is 12.3. The van der Waals surface area contributed by atoms with Crippen molar-refractivity contribution in [1.82, 2.24) is 5.32 Å². The summed E-state index contributed by atoms with van der Waals surface area (Å²) in [5.41, 5.74) is 1.77. The molecule has 1 heterocycles. The van der Waals surface area contributed by atoms with Gasteiger partial charge in [0.05, 0.1) is 19.3 Å². The van der Waals surface area contributed by atoms with Crippen LogP contribution >= 0.6 is 0 Å². The Morgan fingerprint density at radius 3 is 2.90 bits per heavy atom. The van der Waals surface area contributed by atoms with Gasteiger partial charge in [0.2, 0.25) is 5.91 Å². The first-order valence-electron chi connectivity index (χ1n) is 7.58.